The Hall–Kier alpha value is -1.10. The van der Waals surface area contributed by atoms with E-state index in [1.54, 1.807) is 0 Å². The highest BCUT2D eigenvalue weighted by Crippen LogP contribution is 1.76. The van der Waals surface area contributed by atoms with Gasteiger partial charge in [-0.15, -0.1) is 0 Å². The van der Waals surface area contributed by atoms with Gasteiger partial charge in [0.15, 0.2) is 0 Å². The molecule has 13 heavy (non-hydrogen) atoms. The fraction of sp³-hybridized carbons (Fsp3) is 0.750. The van der Waals surface area contributed by atoms with Crippen LogP contribution in [-0.4, -0.2) is 35.2 Å². The number of aliphatic carboxylic acids is 2. The van der Waals surface area contributed by atoms with Gasteiger partial charge in [0, 0.05) is 0 Å². The summed E-state index contributed by atoms with van der Waals surface area (Å²) < 4.78 is 0. The van der Waals surface area contributed by atoms with Gasteiger partial charge in [-0.2, -0.15) is 0 Å². The zero-order chi connectivity index (χ0) is 10.7. The first-order valence-electron chi connectivity index (χ1n) is 4.18. The Bertz CT molecular complexity index is 131. The van der Waals surface area contributed by atoms with E-state index < -0.39 is 11.9 Å². The molecule has 0 aromatic rings. The molecule has 0 aliphatic rings. The Morgan fingerprint density at radius 1 is 1.00 bits per heavy atom. The maximum atomic E-state index is 9.73. The van der Waals surface area contributed by atoms with Crippen molar-refractivity contribution in [1.82, 2.24) is 5.32 Å². The Kier molecular flexibility index (Phi) is 12.1. The van der Waals surface area contributed by atoms with Crippen LogP contribution in [0.2, 0.25) is 0 Å². The van der Waals surface area contributed by atoms with Crippen molar-refractivity contribution in [2.75, 3.05) is 13.1 Å². The van der Waals surface area contributed by atoms with Crippen LogP contribution in [0, 0.1) is 0 Å². The fourth-order valence-corrected chi connectivity index (χ4v) is 0.276. The van der Waals surface area contributed by atoms with Crippen LogP contribution in [0.15, 0.2) is 0 Å². The lowest BCUT2D eigenvalue weighted by molar-refractivity contribution is -0.137. The van der Waals surface area contributed by atoms with Crippen LogP contribution in [0.25, 0.3) is 0 Å². The van der Waals surface area contributed by atoms with Gasteiger partial charge in [-0.1, -0.05) is 26.7 Å². The molecule has 3 N–H and O–H groups in total. The lowest BCUT2D eigenvalue weighted by Gasteiger charge is -1.93. The van der Waals surface area contributed by atoms with Gasteiger partial charge in [0.2, 0.25) is 0 Å². The third-order valence-corrected chi connectivity index (χ3v) is 1.05. The van der Waals surface area contributed by atoms with E-state index in [0.29, 0.717) is 0 Å². The number of carboxylic acid groups (broad SMARTS) is 2. The monoisotopic (exact) mass is 191 g/mol. The van der Waals surface area contributed by atoms with Gasteiger partial charge >= 0.3 is 11.9 Å². The Balaban J connectivity index is 0. The molecule has 0 aliphatic heterocycles. The average Bonchev–Trinajstić information content (AvgIpc) is 2.03. The second kappa shape index (κ2) is 10.9. The summed E-state index contributed by atoms with van der Waals surface area (Å²) in [6, 6.07) is 0. The van der Waals surface area contributed by atoms with E-state index in [1.165, 1.54) is 12.8 Å². The highest BCUT2D eigenvalue weighted by atomic mass is 16.4. The van der Waals surface area contributed by atoms with E-state index in [4.69, 9.17) is 10.2 Å². The molecule has 5 nitrogen and oxygen atoms in total. The fourth-order valence-electron chi connectivity index (χ4n) is 0.276. The molecular weight excluding hydrogens is 174 g/mol. The van der Waals surface area contributed by atoms with Gasteiger partial charge in [-0.25, -0.2) is 0 Å². The minimum absolute atomic E-state index is 0.313. The van der Waals surface area contributed by atoms with Crippen molar-refractivity contribution in [1.29, 1.82) is 0 Å². The Morgan fingerprint density at radius 2 is 1.31 bits per heavy atom. The number of hydrogen-bond acceptors (Lipinski definition) is 3. The molecule has 0 amide bonds. The van der Waals surface area contributed by atoms with Crippen LogP contribution >= 0.6 is 0 Å². The van der Waals surface area contributed by atoms with E-state index in [-0.39, 0.29) is 13.1 Å². The number of hydrogen-bond donors (Lipinski definition) is 3. The first-order chi connectivity index (χ1) is 6.04. The van der Waals surface area contributed by atoms with E-state index in [2.05, 4.69) is 19.2 Å². The molecule has 0 heterocycles. The second-order valence-corrected chi connectivity index (χ2v) is 2.39. The summed E-state index contributed by atoms with van der Waals surface area (Å²) in [7, 11) is 0. The van der Waals surface area contributed by atoms with E-state index in [0.717, 1.165) is 0 Å². The standard InChI is InChI=1S/C4H7NO4.C4H10/c6-3(7)1-5-2-4(8)9;1-3-4-2/h5H,1-2H2,(H,6,7)(H,8,9);3-4H2,1-2H3. The van der Waals surface area contributed by atoms with Crippen LogP contribution in [0.4, 0.5) is 0 Å². The second-order valence-electron chi connectivity index (χ2n) is 2.39. The molecule has 78 valence electrons. The summed E-state index contributed by atoms with van der Waals surface area (Å²) in [5.41, 5.74) is 0. The summed E-state index contributed by atoms with van der Waals surface area (Å²) in [4.78, 5) is 19.5. The molecule has 0 radical (unpaired) electrons. The molecule has 0 bridgehead atoms. The third-order valence-electron chi connectivity index (χ3n) is 1.05. The first kappa shape index (κ1) is 14.4. The van der Waals surface area contributed by atoms with Gasteiger partial charge in [0.05, 0.1) is 13.1 Å². The lowest BCUT2D eigenvalue weighted by atomic mass is 10.4. The van der Waals surface area contributed by atoms with Crippen molar-refractivity contribution in [3.8, 4) is 0 Å². The minimum Gasteiger partial charge on any atom is -0.480 e. The zero-order valence-corrected chi connectivity index (χ0v) is 8.04. The van der Waals surface area contributed by atoms with Crippen molar-refractivity contribution in [2.45, 2.75) is 26.7 Å². The van der Waals surface area contributed by atoms with Crippen molar-refractivity contribution >= 4 is 11.9 Å². The summed E-state index contributed by atoms with van der Waals surface area (Å²) >= 11 is 0. The predicted molar refractivity (Wildman–Crippen MR) is 48.7 cm³/mol. The highest BCUT2D eigenvalue weighted by molar-refractivity contribution is 5.72. The van der Waals surface area contributed by atoms with Crippen LogP contribution in [0.3, 0.4) is 0 Å². The minimum atomic E-state index is -1.06. The van der Waals surface area contributed by atoms with Crippen LogP contribution < -0.4 is 5.32 Å². The van der Waals surface area contributed by atoms with E-state index >= 15 is 0 Å². The van der Waals surface area contributed by atoms with E-state index in [1.807, 2.05) is 0 Å². The van der Waals surface area contributed by atoms with Crippen molar-refractivity contribution in [2.24, 2.45) is 0 Å². The Labute approximate surface area is 77.8 Å². The van der Waals surface area contributed by atoms with E-state index in [9.17, 15) is 9.59 Å². The largest absolute Gasteiger partial charge is 0.480 e. The molecule has 0 saturated heterocycles. The lowest BCUT2D eigenvalue weighted by Crippen LogP contribution is -2.27. The zero-order valence-electron chi connectivity index (χ0n) is 8.04. The molecule has 0 rings (SSSR count). The summed E-state index contributed by atoms with van der Waals surface area (Å²) in [5.74, 6) is -2.12. The summed E-state index contributed by atoms with van der Waals surface area (Å²) in [6.45, 7) is 3.73. The number of rotatable bonds is 5. The number of unbranched alkanes of at least 4 members (excludes halogenated alkanes) is 1. The molecular formula is C8H17NO4. The number of carboxylic acids is 2. The molecule has 5 heteroatoms. The average molecular weight is 191 g/mol. The van der Waals surface area contributed by atoms with Gasteiger partial charge in [-0.3, -0.25) is 14.9 Å². The van der Waals surface area contributed by atoms with Crippen LogP contribution in [0.5, 0.6) is 0 Å². The molecule has 0 fully saturated rings. The molecule has 0 aromatic heterocycles. The maximum absolute atomic E-state index is 9.73. The SMILES string of the molecule is CCCC.O=C(O)CNCC(=O)O. The van der Waals surface area contributed by atoms with Crippen LogP contribution in [-0.2, 0) is 9.59 Å². The van der Waals surface area contributed by atoms with Gasteiger partial charge < -0.3 is 10.2 Å². The molecule has 0 spiro atoms. The van der Waals surface area contributed by atoms with Gasteiger partial charge in [0.1, 0.15) is 0 Å². The van der Waals surface area contributed by atoms with Crippen molar-refractivity contribution in [3.63, 3.8) is 0 Å². The summed E-state index contributed by atoms with van der Waals surface area (Å²) in [6.07, 6.45) is 2.64. The molecule has 0 unspecified atom stereocenters. The van der Waals surface area contributed by atoms with Crippen LogP contribution in [0.1, 0.15) is 26.7 Å². The quantitative estimate of drug-likeness (QED) is 0.590. The smallest absolute Gasteiger partial charge is 0.317 e. The van der Waals surface area contributed by atoms with Crippen molar-refractivity contribution < 1.29 is 19.8 Å². The topological polar surface area (TPSA) is 86.6 Å². The maximum Gasteiger partial charge on any atom is 0.317 e. The highest BCUT2D eigenvalue weighted by Gasteiger charge is 1.97. The van der Waals surface area contributed by atoms with Crippen molar-refractivity contribution in [3.05, 3.63) is 0 Å². The normalized spacial score (nSPS) is 8.46. The molecule has 0 atom stereocenters. The molecule has 0 saturated carbocycles. The van der Waals surface area contributed by atoms with Gasteiger partial charge in [0.25, 0.3) is 0 Å². The molecule has 0 aromatic carbocycles. The van der Waals surface area contributed by atoms with Gasteiger partial charge in [-0.05, 0) is 0 Å². The molecule has 0 aliphatic carbocycles. The number of nitrogens with one attached hydrogen (secondary N) is 1. The summed E-state index contributed by atoms with van der Waals surface area (Å²) in [5, 5.41) is 18.1. The first-order valence-corrected chi connectivity index (χ1v) is 4.18. The third kappa shape index (κ3) is 24.8. The predicted octanol–water partition coefficient (Wildman–Crippen LogP) is 0.552. The Morgan fingerprint density at radius 3 is 1.46 bits per heavy atom. The number of carbonyl (C=O) groups is 2.